The molecule has 0 saturated heterocycles. The smallest absolute Gasteiger partial charge is 0.220 e. The number of ketones is 1. The van der Waals surface area contributed by atoms with Gasteiger partial charge in [0.25, 0.3) is 0 Å². The van der Waals surface area contributed by atoms with Gasteiger partial charge >= 0.3 is 0 Å². The average molecular weight is 383 g/mol. The number of aromatic nitrogens is 1. The predicted octanol–water partition coefficient (Wildman–Crippen LogP) is 4.35. The molecule has 1 N–H and O–H groups in total. The summed E-state index contributed by atoms with van der Waals surface area (Å²) < 4.78 is 5.65. The van der Waals surface area contributed by atoms with E-state index in [4.69, 9.17) is 4.74 Å². The fraction of sp³-hybridized carbons (Fsp3) is 0.435. The summed E-state index contributed by atoms with van der Waals surface area (Å²) >= 11 is 0. The van der Waals surface area contributed by atoms with Gasteiger partial charge in [-0.2, -0.15) is 0 Å². The first-order valence-electron chi connectivity index (χ1n) is 9.84. The van der Waals surface area contributed by atoms with Crippen molar-refractivity contribution in [1.29, 1.82) is 0 Å². The van der Waals surface area contributed by atoms with Crippen LogP contribution in [0.1, 0.15) is 62.0 Å². The SMILES string of the molecule is CC(C)Cc1ccc(C(=O)CCC(=O)NCc2cccnc2OC(C)C)cc1. The number of benzene rings is 1. The highest BCUT2D eigenvalue weighted by atomic mass is 16.5. The fourth-order valence-corrected chi connectivity index (χ4v) is 2.84. The molecular formula is C23H30N2O3. The Morgan fingerprint density at radius 2 is 1.75 bits per heavy atom. The van der Waals surface area contributed by atoms with Crippen LogP contribution in [0.3, 0.4) is 0 Å². The van der Waals surface area contributed by atoms with Crippen LogP contribution in [0.5, 0.6) is 5.88 Å². The Hall–Kier alpha value is -2.69. The first-order chi connectivity index (χ1) is 13.3. The highest BCUT2D eigenvalue weighted by Crippen LogP contribution is 2.16. The number of amides is 1. The van der Waals surface area contributed by atoms with Gasteiger partial charge in [0.2, 0.25) is 11.8 Å². The van der Waals surface area contributed by atoms with Gasteiger partial charge in [0.05, 0.1) is 6.10 Å². The van der Waals surface area contributed by atoms with Gasteiger partial charge in [-0.1, -0.05) is 44.2 Å². The van der Waals surface area contributed by atoms with Crippen LogP contribution in [0.25, 0.3) is 0 Å². The van der Waals surface area contributed by atoms with E-state index in [0.717, 1.165) is 12.0 Å². The summed E-state index contributed by atoms with van der Waals surface area (Å²) in [4.78, 5) is 28.7. The number of carbonyl (C=O) groups excluding carboxylic acids is 2. The van der Waals surface area contributed by atoms with Gasteiger partial charge in [-0.05, 0) is 37.8 Å². The standard InChI is InChI=1S/C23H30N2O3/c1-16(2)14-18-7-9-19(10-8-18)21(26)11-12-22(27)25-15-20-6-5-13-24-23(20)28-17(3)4/h5-10,13,16-17H,11-12,14-15H2,1-4H3,(H,25,27). The van der Waals surface area contributed by atoms with Gasteiger partial charge in [-0.3, -0.25) is 9.59 Å². The van der Waals surface area contributed by atoms with Gasteiger partial charge in [-0.15, -0.1) is 0 Å². The van der Waals surface area contributed by atoms with Crippen molar-refractivity contribution in [3.05, 3.63) is 59.3 Å². The maximum Gasteiger partial charge on any atom is 0.220 e. The van der Waals surface area contributed by atoms with E-state index < -0.39 is 0 Å². The van der Waals surface area contributed by atoms with Crippen LogP contribution in [0.2, 0.25) is 0 Å². The Morgan fingerprint density at radius 3 is 2.39 bits per heavy atom. The number of rotatable bonds is 10. The molecule has 0 unspecified atom stereocenters. The van der Waals surface area contributed by atoms with E-state index >= 15 is 0 Å². The first-order valence-corrected chi connectivity index (χ1v) is 9.84. The minimum Gasteiger partial charge on any atom is -0.475 e. The molecule has 5 nitrogen and oxygen atoms in total. The summed E-state index contributed by atoms with van der Waals surface area (Å²) in [5.41, 5.74) is 2.69. The topological polar surface area (TPSA) is 68.3 Å². The lowest BCUT2D eigenvalue weighted by atomic mass is 9.99. The molecule has 0 spiro atoms. The molecule has 1 amide bonds. The number of hydrogen-bond donors (Lipinski definition) is 1. The second-order valence-electron chi connectivity index (χ2n) is 7.63. The first kappa shape index (κ1) is 21.6. The number of nitrogens with zero attached hydrogens (tertiary/aromatic N) is 1. The third-order valence-corrected chi connectivity index (χ3v) is 4.17. The van der Waals surface area contributed by atoms with Crippen molar-refractivity contribution in [2.24, 2.45) is 5.92 Å². The molecule has 150 valence electrons. The molecule has 5 heteroatoms. The Balaban J connectivity index is 1.82. The lowest BCUT2D eigenvalue weighted by Crippen LogP contribution is -2.24. The summed E-state index contributed by atoms with van der Waals surface area (Å²) in [5, 5.41) is 2.84. The van der Waals surface area contributed by atoms with Crippen molar-refractivity contribution in [2.45, 2.75) is 59.6 Å². The maximum atomic E-state index is 12.3. The van der Waals surface area contributed by atoms with Gasteiger partial charge in [-0.25, -0.2) is 4.98 Å². The molecule has 0 aliphatic heterocycles. The zero-order valence-corrected chi connectivity index (χ0v) is 17.2. The number of nitrogens with one attached hydrogen (secondary N) is 1. The lowest BCUT2D eigenvalue weighted by Gasteiger charge is -2.13. The van der Waals surface area contributed by atoms with Crippen molar-refractivity contribution in [3.8, 4) is 5.88 Å². The van der Waals surface area contributed by atoms with E-state index in [1.807, 2.05) is 44.2 Å². The number of pyridine rings is 1. The molecule has 2 aromatic rings. The van der Waals surface area contributed by atoms with E-state index in [9.17, 15) is 9.59 Å². The molecule has 0 atom stereocenters. The van der Waals surface area contributed by atoms with E-state index in [-0.39, 0.29) is 30.6 Å². The molecule has 0 aliphatic carbocycles. The number of carbonyl (C=O) groups is 2. The summed E-state index contributed by atoms with van der Waals surface area (Å²) in [5.74, 6) is 0.924. The molecule has 1 aromatic carbocycles. The number of ether oxygens (including phenoxy) is 1. The Kier molecular flexibility index (Phi) is 8.18. The van der Waals surface area contributed by atoms with Crippen molar-refractivity contribution >= 4 is 11.7 Å². The molecule has 0 radical (unpaired) electrons. The molecule has 0 aliphatic rings. The fourth-order valence-electron chi connectivity index (χ4n) is 2.84. The second-order valence-corrected chi connectivity index (χ2v) is 7.63. The van der Waals surface area contributed by atoms with Crippen molar-refractivity contribution in [1.82, 2.24) is 10.3 Å². The van der Waals surface area contributed by atoms with Crippen molar-refractivity contribution < 1.29 is 14.3 Å². The van der Waals surface area contributed by atoms with Gasteiger partial charge in [0, 0.05) is 36.7 Å². The Morgan fingerprint density at radius 1 is 1.04 bits per heavy atom. The Bertz CT molecular complexity index is 783. The minimum atomic E-state index is -0.163. The lowest BCUT2D eigenvalue weighted by molar-refractivity contribution is -0.121. The van der Waals surface area contributed by atoms with E-state index in [2.05, 4.69) is 24.1 Å². The highest BCUT2D eigenvalue weighted by Gasteiger charge is 2.12. The van der Waals surface area contributed by atoms with E-state index in [1.54, 1.807) is 12.3 Å². The summed E-state index contributed by atoms with van der Waals surface area (Å²) in [6.07, 6.45) is 3.02. The van der Waals surface area contributed by atoms with Gasteiger partial charge < -0.3 is 10.1 Å². The second kappa shape index (κ2) is 10.6. The van der Waals surface area contributed by atoms with Crippen LogP contribution in [-0.2, 0) is 17.8 Å². The minimum absolute atomic E-state index is 0.00824. The summed E-state index contributed by atoms with van der Waals surface area (Å²) in [7, 11) is 0. The van der Waals surface area contributed by atoms with Crippen LogP contribution in [0, 0.1) is 5.92 Å². The monoisotopic (exact) mass is 382 g/mol. The quantitative estimate of drug-likeness (QED) is 0.621. The third-order valence-electron chi connectivity index (χ3n) is 4.17. The molecule has 0 fully saturated rings. The molecular weight excluding hydrogens is 352 g/mol. The summed E-state index contributed by atoms with van der Waals surface area (Å²) in [6, 6.07) is 11.4. The van der Waals surface area contributed by atoms with Crippen LogP contribution >= 0.6 is 0 Å². The molecule has 1 heterocycles. The van der Waals surface area contributed by atoms with Crippen LogP contribution in [0.15, 0.2) is 42.6 Å². The van der Waals surface area contributed by atoms with Crippen LogP contribution in [-0.4, -0.2) is 22.8 Å². The van der Waals surface area contributed by atoms with Gasteiger partial charge in [0.1, 0.15) is 0 Å². The predicted molar refractivity (Wildman–Crippen MR) is 110 cm³/mol. The molecule has 28 heavy (non-hydrogen) atoms. The molecule has 0 saturated carbocycles. The number of hydrogen-bond acceptors (Lipinski definition) is 4. The summed E-state index contributed by atoms with van der Waals surface area (Å²) in [6.45, 7) is 8.52. The normalized spacial score (nSPS) is 10.9. The largest absolute Gasteiger partial charge is 0.475 e. The number of Topliss-reactive ketones (excluding diaryl/α,β-unsaturated/α-hetero) is 1. The van der Waals surface area contributed by atoms with Crippen molar-refractivity contribution in [3.63, 3.8) is 0 Å². The van der Waals surface area contributed by atoms with E-state index in [0.29, 0.717) is 23.9 Å². The molecule has 2 rings (SSSR count). The molecule has 1 aromatic heterocycles. The third kappa shape index (κ3) is 7.14. The molecule has 0 bridgehead atoms. The van der Waals surface area contributed by atoms with Crippen LogP contribution in [0.4, 0.5) is 0 Å². The van der Waals surface area contributed by atoms with E-state index in [1.165, 1.54) is 5.56 Å². The average Bonchev–Trinajstić information content (AvgIpc) is 2.65. The maximum absolute atomic E-state index is 12.3. The van der Waals surface area contributed by atoms with Gasteiger partial charge in [0.15, 0.2) is 5.78 Å². The highest BCUT2D eigenvalue weighted by molar-refractivity contribution is 5.97. The zero-order chi connectivity index (χ0) is 20.5. The van der Waals surface area contributed by atoms with Crippen LogP contribution < -0.4 is 10.1 Å². The van der Waals surface area contributed by atoms with Crippen molar-refractivity contribution in [2.75, 3.05) is 0 Å². The zero-order valence-electron chi connectivity index (χ0n) is 17.2. The Labute approximate surface area is 167 Å².